The topological polar surface area (TPSA) is 76.2 Å². The second kappa shape index (κ2) is 4.95. The third kappa shape index (κ3) is 4.22. The Kier molecular flexibility index (Phi) is 3.83. The smallest absolute Gasteiger partial charge is 0.375 e. The van der Waals surface area contributed by atoms with E-state index in [1.807, 2.05) is 0 Å². The SMILES string of the molecule is CC(C)(C)OC(=O)C(=O)CC(=O)c1ccc[nH]1. The van der Waals surface area contributed by atoms with Crippen LogP contribution in [0.5, 0.6) is 0 Å². The Morgan fingerprint density at radius 1 is 1.29 bits per heavy atom. The molecule has 1 aromatic rings. The van der Waals surface area contributed by atoms with E-state index < -0.39 is 29.6 Å². The van der Waals surface area contributed by atoms with Crippen molar-refractivity contribution < 1.29 is 19.1 Å². The molecule has 0 radical (unpaired) electrons. The lowest BCUT2D eigenvalue weighted by Gasteiger charge is -2.18. The van der Waals surface area contributed by atoms with Crippen LogP contribution in [0.25, 0.3) is 0 Å². The molecule has 0 atom stereocenters. The number of ketones is 2. The largest absolute Gasteiger partial charge is 0.454 e. The van der Waals surface area contributed by atoms with Crippen molar-refractivity contribution in [1.29, 1.82) is 0 Å². The molecule has 0 saturated carbocycles. The zero-order valence-corrected chi connectivity index (χ0v) is 10.1. The van der Waals surface area contributed by atoms with E-state index in [4.69, 9.17) is 4.74 Å². The highest BCUT2D eigenvalue weighted by Crippen LogP contribution is 2.09. The highest BCUT2D eigenvalue weighted by Gasteiger charge is 2.25. The highest BCUT2D eigenvalue weighted by atomic mass is 16.6. The summed E-state index contributed by atoms with van der Waals surface area (Å²) in [5, 5.41) is 0. The summed E-state index contributed by atoms with van der Waals surface area (Å²) in [6.07, 6.45) is 1.10. The maximum absolute atomic E-state index is 11.5. The molecular formula is C12H15NO4. The first-order chi connectivity index (χ1) is 7.79. The summed E-state index contributed by atoms with van der Waals surface area (Å²) in [5.74, 6) is -2.23. The molecule has 1 rings (SSSR count). The van der Waals surface area contributed by atoms with Crippen molar-refractivity contribution in [1.82, 2.24) is 4.98 Å². The Hall–Kier alpha value is -1.91. The molecule has 0 unspecified atom stereocenters. The lowest BCUT2D eigenvalue weighted by Crippen LogP contribution is -2.30. The number of ether oxygens (including phenoxy) is 1. The minimum absolute atomic E-state index is 0.307. The van der Waals surface area contributed by atoms with Crippen LogP contribution in [0, 0.1) is 0 Å². The number of H-pyrrole nitrogens is 1. The summed E-state index contributed by atoms with van der Waals surface area (Å²) < 4.78 is 4.87. The van der Waals surface area contributed by atoms with Gasteiger partial charge in [-0.2, -0.15) is 0 Å². The van der Waals surface area contributed by atoms with Gasteiger partial charge in [-0.1, -0.05) is 0 Å². The van der Waals surface area contributed by atoms with Crippen LogP contribution in [-0.4, -0.2) is 28.1 Å². The summed E-state index contributed by atoms with van der Waals surface area (Å²) in [6.45, 7) is 4.97. The number of esters is 1. The number of carbonyl (C=O) groups excluding carboxylic acids is 3. The number of hydrogen-bond donors (Lipinski definition) is 1. The molecule has 0 aliphatic heterocycles. The van der Waals surface area contributed by atoms with Crippen LogP contribution in [0.15, 0.2) is 18.3 Å². The van der Waals surface area contributed by atoms with Crippen molar-refractivity contribution in [2.75, 3.05) is 0 Å². The third-order valence-corrected chi connectivity index (χ3v) is 1.85. The van der Waals surface area contributed by atoms with E-state index in [1.165, 1.54) is 0 Å². The Labute approximate surface area is 99.2 Å². The molecule has 0 saturated heterocycles. The zero-order valence-electron chi connectivity index (χ0n) is 10.1. The minimum Gasteiger partial charge on any atom is -0.454 e. The van der Waals surface area contributed by atoms with E-state index in [0.717, 1.165) is 0 Å². The van der Waals surface area contributed by atoms with Gasteiger partial charge in [0.1, 0.15) is 5.60 Å². The third-order valence-electron chi connectivity index (χ3n) is 1.85. The van der Waals surface area contributed by atoms with Crippen LogP contribution < -0.4 is 0 Å². The molecule has 0 bridgehead atoms. The van der Waals surface area contributed by atoms with Crippen molar-refractivity contribution in [2.45, 2.75) is 32.8 Å². The van der Waals surface area contributed by atoms with Gasteiger partial charge in [0, 0.05) is 6.20 Å². The Balaban J connectivity index is 2.55. The average molecular weight is 237 g/mol. The fourth-order valence-electron chi connectivity index (χ4n) is 1.15. The normalized spacial score (nSPS) is 11.0. The summed E-state index contributed by atoms with van der Waals surface area (Å²) in [4.78, 5) is 36.9. The maximum Gasteiger partial charge on any atom is 0.375 e. The van der Waals surface area contributed by atoms with Gasteiger partial charge in [-0.3, -0.25) is 9.59 Å². The van der Waals surface area contributed by atoms with Crippen LogP contribution >= 0.6 is 0 Å². The summed E-state index contributed by atoms with van der Waals surface area (Å²) in [7, 11) is 0. The van der Waals surface area contributed by atoms with E-state index in [-0.39, 0.29) is 0 Å². The molecule has 5 nitrogen and oxygen atoms in total. The standard InChI is InChI=1S/C12H15NO4/c1-12(2,3)17-11(16)10(15)7-9(14)8-5-4-6-13-8/h4-6,13H,7H2,1-3H3. The molecule has 0 aliphatic carbocycles. The van der Waals surface area contributed by atoms with E-state index >= 15 is 0 Å². The van der Waals surface area contributed by atoms with Gasteiger partial charge in [0.2, 0.25) is 5.78 Å². The lowest BCUT2D eigenvalue weighted by atomic mass is 10.1. The van der Waals surface area contributed by atoms with Gasteiger partial charge < -0.3 is 9.72 Å². The van der Waals surface area contributed by atoms with Crippen molar-refractivity contribution in [3.8, 4) is 0 Å². The number of Topliss-reactive ketones (excluding diaryl/α,β-unsaturated/α-hetero) is 2. The van der Waals surface area contributed by atoms with E-state index in [9.17, 15) is 14.4 Å². The Bertz CT molecular complexity index is 426. The minimum atomic E-state index is -0.975. The van der Waals surface area contributed by atoms with Crippen molar-refractivity contribution in [2.24, 2.45) is 0 Å². The first kappa shape index (κ1) is 13.2. The molecule has 1 N–H and O–H groups in total. The van der Waals surface area contributed by atoms with Gasteiger partial charge in [-0.25, -0.2) is 4.79 Å². The van der Waals surface area contributed by atoms with Gasteiger partial charge in [0.15, 0.2) is 5.78 Å². The molecule has 17 heavy (non-hydrogen) atoms. The second-order valence-electron chi connectivity index (χ2n) is 4.61. The predicted octanol–water partition coefficient (Wildman–Crippen LogP) is 1.50. The first-order valence-corrected chi connectivity index (χ1v) is 5.22. The molecule has 1 aromatic heterocycles. The molecule has 0 aliphatic rings. The molecule has 0 fully saturated rings. The van der Waals surface area contributed by atoms with Crippen molar-refractivity contribution in [3.05, 3.63) is 24.0 Å². The number of aromatic nitrogens is 1. The zero-order chi connectivity index (χ0) is 13.1. The van der Waals surface area contributed by atoms with E-state index in [0.29, 0.717) is 5.69 Å². The van der Waals surface area contributed by atoms with Gasteiger partial charge in [0.05, 0.1) is 12.1 Å². The molecule has 92 valence electrons. The van der Waals surface area contributed by atoms with Crippen molar-refractivity contribution in [3.63, 3.8) is 0 Å². The predicted molar refractivity (Wildman–Crippen MR) is 60.6 cm³/mol. The molecular weight excluding hydrogens is 222 g/mol. The van der Waals surface area contributed by atoms with Gasteiger partial charge in [0.25, 0.3) is 0 Å². The fourth-order valence-corrected chi connectivity index (χ4v) is 1.15. The van der Waals surface area contributed by atoms with Gasteiger partial charge >= 0.3 is 5.97 Å². The van der Waals surface area contributed by atoms with Crippen LogP contribution in [0.1, 0.15) is 37.7 Å². The molecule has 5 heteroatoms. The number of nitrogens with one attached hydrogen (secondary N) is 1. The first-order valence-electron chi connectivity index (χ1n) is 5.22. The number of carbonyl (C=O) groups is 3. The number of aromatic amines is 1. The van der Waals surface area contributed by atoms with Crippen molar-refractivity contribution >= 4 is 17.5 Å². The molecule has 0 amide bonds. The Morgan fingerprint density at radius 2 is 1.94 bits per heavy atom. The van der Waals surface area contributed by atoms with Crippen LogP contribution in [0.4, 0.5) is 0 Å². The summed E-state index contributed by atoms with van der Waals surface area (Å²) in [6, 6.07) is 3.19. The second-order valence-corrected chi connectivity index (χ2v) is 4.61. The fraction of sp³-hybridized carbons (Fsp3) is 0.417. The van der Waals surface area contributed by atoms with Gasteiger partial charge in [-0.15, -0.1) is 0 Å². The van der Waals surface area contributed by atoms with E-state index in [2.05, 4.69) is 4.98 Å². The quantitative estimate of drug-likeness (QED) is 0.372. The molecule has 1 heterocycles. The maximum atomic E-state index is 11.5. The van der Waals surface area contributed by atoms with Crippen LogP contribution in [0.3, 0.4) is 0 Å². The van der Waals surface area contributed by atoms with E-state index in [1.54, 1.807) is 39.1 Å². The lowest BCUT2D eigenvalue weighted by molar-refractivity contribution is -0.162. The average Bonchev–Trinajstić information content (AvgIpc) is 2.67. The summed E-state index contributed by atoms with van der Waals surface area (Å²) >= 11 is 0. The van der Waals surface area contributed by atoms with Gasteiger partial charge in [-0.05, 0) is 32.9 Å². The number of hydrogen-bond acceptors (Lipinski definition) is 4. The van der Waals surface area contributed by atoms with Crippen LogP contribution in [0.2, 0.25) is 0 Å². The number of rotatable bonds is 4. The summed E-state index contributed by atoms with van der Waals surface area (Å²) in [5.41, 5.74) is -0.427. The molecule has 0 spiro atoms. The Morgan fingerprint density at radius 3 is 2.41 bits per heavy atom. The molecule has 0 aromatic carbocycles. The van der Waals surface area contributed by atoms with Crippen LogP contribution in [-0.2, 0) is 14.3 Å². The highest BCUT2D eigenvalue weighted by molar-refractivity contribution is 6.38. The monoisotopic (exact) mass is 237 g/mol.